The van der Waals surface area contributed by atoms with Crippen molar-refractivity contribution in [2.24, 2.45) is 0 Å². The lowest BCUT2D eigenvalue weighted by Gasteiger charge is -2.19. The molecule has 1 unspecified atom stereocenters. The van der Waals surface area contributed by atoms with Gasteiger partial charge in [-0.25, -0.2) is 0 Å². The van der Waals surface area contributed by atoms with E-state index in [0.717, 1.165) is 5.37 Å². The summed E-state index contributed by atoms with van der Waals surface area (Å²) in [5.41, 5.74) is 0. The van der Waals surface area contributed by atoms with Crippen LogP contribution in [-0.4, -0.2) is 29.1 Å². The molecule has 0 saturated carbocycles. The number of rotatable bonds is 0. The summed E-state index contributed by atoms with van der Waals surface area (Å²) in [5.74, 6) is 1.38. The Morgan fingerprint density at radius 3 is 3.10 bits per heavy atom. The van der Waals surface area contributed by atoms with Crippen LogP contribution < -0.4 is 0 Å². The lowest BCUT2D eigenvalue weighted by atomic mass is 10.2. The van der Waals surface area contributed by atoms with Crippen molar-refractivity contribution in [3.05, 3.63) is 0 Å². The van der Waals surface area contributed by atoms with Crippen molar-refractivity contribution in [1.29, 1.82) is 0 Å². The number of hydrogen-bond donors (Lipinski definition) is 0. The van der Waals surface area contributed by atoms with Gasteiger partial charge in [-0.1, -0.05) is 12.8 Å². The Morgan fingerprint density at radius 2 is 2.10 bits per heavy atom. The van der Waals surface area contributed by atoms with Crippen molar-refractivity contribution in [2.75, 3.05) is 18.8 Å². The topological polar surface area (TPSA) is 3.24 Å². The molecule has 0 amide bonds. The summed E-state index contributed by atoms with van der Waals surface area (Å²) in [6.45, 7) is 2.73. The molecule has 2 fully saturated rings. The third-order valence-electron chi connectivity index (χ3n) is 2.49. The Hall–Kier alpha value is 0.310. The van der Waals surface area contributed by atoms with Crippen molar-refractivity contribution in [3.63, 3.8) is 0 Å². The van der Waals surface area contributed by atoms with Gasteiger partial charge in [-0.2, -0.15) is 0 Å². The fourth-order valence-corrected chi connectivity index (χ4v) is 3.25. The number of hydrogen-bond acceptors (Lipinski definition) is 2. The summed E-state index contributed by atoms with van der Waals surface area (Å²) in [4.78, 5) is 2.66. The third-order valence-corrected chi connectivity index (χ3v) is 3.83. The van der Waals surface area contributed by atoms with Crippen LogP contribution in [0.1, 0.15) is 25.7 Å². The maximum absolute atomic E-state index is 2.66. The Kier molecular flexibility index (Phi) is 2.19. The zero-order valence-electron chi connectivity index (χ0n) is 6.38. The predicted molar refractivity (Wildman–Crippen MR) is 46.3 cm³/mol. The van der Waals surface area contributed by atoms with Crippen molar-refractivity contribution < 1.29 is 0 Å². The second-order valence-electron chi connectivity index (χ2n) is 3.21. The minimum atomic E-state index is 0.905. The van der Waals surface area contributed by atoms with Crippen LogP contribution in [0.25, 0.3) is 0 Å². The highest BCUT2D eigenvalue weighted by Crippen LogP contribution is 2.30. The quantitative estimate of drug-likeness (QED) is 0.528. The Morgan fingerprint density at radius 1 is 1.10 bits per heavy atom. The van der Waals surface area contributed by atoms with E-state index in [9.17, 15) is 0 Å². The van der Waals surface area contributed by atoms with Gasteiger partial charge in [0.1, 0.15) is 0 Å². The van der Waals surface area contributed by atoms with E-state index in [4.69, 9.17) is 0 Å². The van der Waals surface area contributed by atoms with Gasteiger partial charge in [-0.05, 0) is 19.4 Å². The molecular formula is C8H15NS. The minimum absolute atomic E-state index is 0.905. The predicted octanol–water partition coefficient (Wildman–Crippen LogP) is 1.94. The monoisotopic (exact) mass is 157 g/mol. The van der Waals surface area contributed by atoms with E-state index in [0.29, 0.717) is 0 Å². The second kappa shape index (κ2) is 3.14. The molecule has 2 heteroatoms. The van der Waals surface area contributed by atoms with E-state index in [-0.39, 0.29) is 0 Å². The van der Waals surface area contributed by atoms with E-state index in [1.54, 1.807) is 0 Å². The number of fused-ring (bicyclic) bond motifs is 1. The highest BCUT2D eigenvalue weighted by Gasteiger charge is 2.25. The van der Waals surface area contributed by atoms with Crippen molar-refractivity contribution in [2.45, 2.75) is 31.1 Å². The smallest absolute Gasteiger partial charge is 0.0557 e. The molecule has 0 spiro atoms. The first-order valence-corrected chi connectivity index (χ1v) is 5.37. The lowest BCUT2D eigenvalue weighted by Crippen LogP contribution is -2.27. The van der Waals surface area contributed by atoms with Gasteiger partial charge in [0.05, 0.1) is 5.37 Å². The molecule has 0 N–H and O–H groups in total. The largest absolute Gasteiger partial charge is 0.291 e. The Labute approximate surface area is 67.2 Å². The van der Waals surface area contributed by atoms with Crippen LogP contribution in [0.3, 0.4) is 0 Å². The first-order chi connectivity index (χ1) is 4.97. The van der Waals surface area contributed by atoms with E-state index in [1.807, 2.05) is 0 Å². The third kappa shape index (κ3) is 1.32. The SMILES string of the molecule is C1CCC2SCCN2CC1. The van der Waals surface area contributed by atoms with E-state index < -0.39 is 0 Å². The summed E-state index contributed by atoms with van der Waals surface area (Å²) in [6.07, 6.45) is 5.82. The standard InChI is InChI=1S/C8H15NS/c1-2-4-8-9(5-3-1)6-7-10-8/h8H,1-7H2. The van der Waals surface area contributed by atoms with Gasteiger partial charge < -0.3 is 0 Å². The normalized spacial score (nSPS) is 35.4. The fraction of sp³-hybridized carbons (Fsp3) is 1.00. The molecule has 0 aliphatic carbocycles. The summed E-state index contributed by atoms with van der Waals surface area (Å²) in [5, 5.41) is 0.905. The molecule has 2 heterocycles. The lowest BCUT2D eigenvalue weighted by molar-refractivity contribution is 0.295. The number of thioether (sulfide) groups is 1. The number of nitrogens with zero attached hydrogens (tertiary/aromatic N) is 1. The first kappa shape index (κ1) is 6.99. The molecule has 0 radical (unpaired) electrons. The molecule has 2 aliphatic heterocycles. The first-order valence-electron chi connectivity index (χ1n) is 4.32. The van der Waals surface area contributed by atoms with E-state index in [1.165, 1.54) is 44.5 Å². The summed E-state index contributed by atoms with van der Waals surface area (Å²) in [7, 11) is 0. The maximum Gasteiger partial charge on any atom is 0.0557 e. The molecule has 0 aromatic heterocycles. The average molecular weight is 157 g/mol. The van der Waals surface area contributed by atoms with Crippen LogP contribution >= 0.6 is 11.8 Å². The summed E-state index contributed by atoms with van der Waals surface area (Å²) >= 11 is 2.17. The molecule has 0 aromatic carbocycles. The molecule has 0 aromatic rings. The molecule has 2 saturated heterocycles. The maximum atomic E-state index is 2.66. The summed E-state index contributed by atoms with van der Waals surface area (Å²) < 4.78 is 0. The molecule has 2 aliphatic rings. The van der Waals surface area contributed by atoms with Crippen LogP contribution in [-0.2, 0) is 0 Å². The molecule has 10 heavy (non-hydrogen) atoms. The van der Waals surface area contributed by atoms with E-state index in [2.05, 4.69) is 16.7 Å². The average Bonchev–Trinajstić information content (AvgIpc) is 2.28. The zero-order valence-corrected chi connectivity index (χ0v) is 7.20. The van der Waals surface area contributed by atoms with Crippen molar-refractivity contribution in [3.8, 4) is 0 Å². The second-order valence-corrected chi connectivity index (χ2v) is 4.50. The molecule has 1 nitrogen and oxygen atoms in total. The van der Waals surface area contributed by atoms with Crippen LogP contribution in [0, 0.1) is 0 Å². The Balaban J connectivity index is 1.95. The molecule has 2 rings (SSSR count). The highest BCUT2D eigenvalue weighted by molar-refractivity contribution is 8.00. The van der Waals surface area contributed by atoms with E-state index >= 15 is 0 Å². The van der Waals surface area contributed by atoms with Gasteiger partial charge in [-0.15, -0.1) is 11.8 Å². The minimum Gasteiger partial charge on any atom is -0.291 e. The zero-order chi connectivity index (χ0) is 6.81. The molecule has 58 valence electrons. The molecular weight excluding hydrogens is 142 g/mol. The van der Waals surface area contributed by atoms with Gasteiger partial charge in [0.2, 0.25) is 0 Å². The van der Waals surface area contributed by atoms with Gasteiger partial charge in [-0.3, -0.25) is 4.90 Å². The van der Waals surface area contributed by atoms with Crippen molar-refractivity contribution >= 4 is 11.8 Å². The molecule has 0 bridgehead atoms. The Bertz CT molecular complexity index is 104. The van der Waals surface area contributed by atoms with Gasteiger partial charge in [0, 0.05) is 12.3 Å². The highest BCUT2D eigenvalue weighted by atomic mass is 32.2. The molecule has 1 atom stereocenters. The van der Waals surface area contributed by atoms with Crippen LogP contribution in [0.5, 0.6) is 0 Å². The fourth-order valence-electron chi connectivity index (χ4n) is 1.89. The van der Waals surface area contributed by atoms with Crippen LogP contribution in [0.15, 0.2) is 0 Å². The summed E-state index contributed by atoms with van der Waals surface area (Å²) in [6, 6.07) is 0. The van der Waals surface area contributed by atoms with Crippen LogP contribution in [0.2, 0.25) is 0 Å². The van der Waals surface area contributed by atoms with Gasteiger partial charge in [0.25, 0.3) is 0 Å². The van der Waals surface area contributed by atoms with Crippen molar-refractivity contribution in [1.82, 2.24) is 4.90 Å². The van der Waals surface area contributed by atoms with Gasteiger partial charge in [0.15, 0.2) is 0 Å². The van der Waals surface area contributed by atoms with Crippen LogP contribution in [0.4, 0.5) is 0 Å². The van der Waals surface area contributed by atoms with Gasteiger partial charge >= 0.3 is 0 Å².